The Hall–Kier alpha value is -2.27. The molecule has 1 fully saturated rings. The molecule has 1 amide bonds. The Labute approximate surface area is 153 Å². The second-order valence-corrected chi connectivity index (χ2v) is 7.37. The van der Waals surface area contributed by atoms with Crippen molar-refractivity contribution < 1.29 is 4.79 Å². The molecule has 2 heterocycles. The van der Waals surface area contributed by atoms with E-state index in [2.05, 4.69) is 54.7 Å². The van der Waals surface area contributed by atoms with Crippen molar-refractivity contribution in [3.63, 3.8) is 0 Å². The molecule has 0 bridgehead atoms. The van der Waals surface area contributed by atoms with Crippen LogP contribution in [0.2, 0.25) is 0 Å². The average molecular weight is 353 g/mol. The van der Waals surface area contributed by atoms with Crippen molar-refractivity contribution in [2.45, 2.75) is 41.2 Å². The number of aliphatic imine (C=N–C) groups is 1. The standard InChI is InChI=1S/C20H23N3OS/c1-6-23-14(4)10-16(15(23)5)11-18-19(24)22-20(25-18)21-17-8-7-12(2)9-13(17)3/h7-11H,6H2,1-5H3,(H,21,22,24)/b18-11-. The number of hydrogen-bond donors (Lipinski definition) is 1. The van der Waals surface area contributed by atoms with Crippen molar-refractivity contribution in [1.82, 2.24) is 9.88 Å². The molecule has 0 unspecified atom stereocenters. The number of nitrogens with zero attached hydrogens (tertiary/aromatic N) is 2. The van der Waals surface area contributed by atoms with Gasteiger partial charge in [0, 0.05) is 17.9 Å². The molecule has 0 saturated carbocycles. The van der Waals surface area contributed by atoms with Gasteiger partial charge in [-0.2, -0.15) is 0 Å². The lowest BCUT2D eigenvalue weighted by Crippen LogP contribution is -2.19. The summed E-state index contributed by atoms with van der Waals surface area (Å²) in [7, 11) is 0. The van der Waals surface area contributed by atoms with E-state index >= 15 is 0 Å². The molecule has 5 heteroatoms. The molecule has 25 heavy (non-hydrogen) atoms. The van der Waals surface area contributed by atoms with E-state index in [1.807, 2.05) is 25.1 Å². The summed E-state index contributed by atoms with van der Waals surface area (Å²) in [5, 5.41) is 3.50. The van der Waals surface area contributed by atoms with Gasteiger partial charge in [-0.1, -0.05) is 17.7 Å². The van der Waals surface area contributed by atoms with Crippen molar-refractivity contribution in [2.24, 2.45) is 4.99 Å². The van der Waals surface area contributed by atoms with E-state index in [9.17, 15) is 4.79 Å². The minimum Gasteiger partial charge on any atom is -0.349 e. The molecule has 4 nitrogen and oxygen atoms in total. The first-order valence-corrected chi connectivity index (χ1v) is 9.24. The fourth-order valence-electron chi connectivity index (χ4n) is 3.12. The Bertz CT molecular complexity index is 906. The molecule has 1 aliphatic heterocycles. The number of carbonyl (C=O) groups excluding carboxylic acids is 1. The molecule has 1 aromatic heterocycles. The van der Waals surface area contributed by atoms with Crippen LogP contribution in [0.5, 0.6) is 0 Å². The molecule has 0 atom stereocenters. The third-order valence-corrected chi connectivity index (χ3v) is 5.35. The highest BCUT2D eigenvalue weighted by Gasteiger charge is 2.24. The Morgan fingerprint density at radius 2 is 1.96 bits per heavy atom. The highest BCUT2D eigenvalue weighted by atomic mass is 32.2. The minimum atomic E-state index is -0.0881. The van der Waals surface area contributed by atoms with E-state index in [0.717, 1.165) is 23.4 Å². The number of aryl methyl sites for hydroxylation is 3. The van der Waals surface area contributed by atoms with Crippen molar-refractivity contribution in [3.8, 4) is 0 Å². The van der Waals surface area contributed by atoms with Gasteiger partial charge >= 0.3 is 0 Å². The van der Waals surface area contributed by atoms with Crippen molar-refractivity contribution in [1.29, 1.82) is 0 Å². The quantitative estimate of drug-likeness (QED) is 0.818. The molecular formula is C20H23N3OS. The monoisotopic (exact) mass is 353 g/mol. The highest BCUT2D eigenvalue weighted by molar-refractivity contribution is 8.18. The summed E-state index contributed by atoms with van der Waals surface area (Å²) in [4.78, 5) is 17.6. The van der Waals surface area contributed by atoms with E-state index in [0.29, 0.717) is 10.1 Å². The normalized spacial score (nSPS) is 17.6. The van der Waals surface area contributed by atoms with Crippen LogP contribution in [-0.2, 0) is 11.3 Å². The van der Waals surface area contributed by atoms with E-state index < -0.39 is 0 Å². The van der Waals surface area contributed by atoms with Crippen LogP contribution in [0, 0.1) is 27.7 Å². The third kappa shape index (κ3) is 3.56. The van der Waals surface area contributed by atoms with Crippen molar-refractivity contribution >= 4 is 34.6 Å². The number of carbonyl (C=O) groups is 1. The summed E-state index contributed by atoms with van der Waals surface area (Å²) in [5.74, 6) is -0.0881. The van der Waals surface area contributed by atoms with Gasteiger partial charge in [0.05, 0.1) is 10.6 Å². The third-order valence-electron chi connectivity index (χ3n) is 4.44. The summed E-state index contributed by atoms with van der Waals surface area (Å²) in [5.41, 5.74) is 6.67. The number of aromatic nitrogens is 1. The second kappa shape index (κ2) is 6.92. The summed E-state index contributed by atoms with van der Waals surface area (Å²) >= 11 is 1.39. The van der Waals surface area contributed by atoms with Crippen LogP contribution in [0.1, 0.15) is 35.0 Å². The predicted octanol–water partition coefficient (Wildman–Crippen LogP) is 4.63. The van der Waals surface area contributed by atoms with Crippen LogP contribution >= 0.6 is 11.8 Å². The maximum absolute atomic E-state index is 12.3. The summed E-state index contributed by atoms with van der Waals surface area (Å²) in [6.45, 7) is 11.3. The molecule has 2 aromatic rings. The summed E-state index contributed by atoms with van der Waals surface area (Å²) in [6.07, 6.45) is 1.96. The van der Waals surface area contributed by atoms with Gasteiger partial charge in [0.1, 0.15) is 0 Å². The number of rotatable bonds is 3. The average Bonchev–Trinajstić information content (AvgIpc) is 3.02. The Morgan fingerprint density at radius 1 is 1.20 bits per heavy atom. The first-order chi connectivity index (χ1) is 11.9. The Morgan fingerprint density at radius 3 is 2.60 bits per heavy atom. The maximum Gasteiger partial charge on any atom is 0.264 e. The topological polar surface area (TPSA) is 46.4 Å². The predicted molar refractivity (Wildman–Crippen MR) is 106 cm³/mol. The highest BCUT2D eigenvalue weighted by Crippen LogP contribution is 2.30. The maximum atomic E-state index is 12.3. The molecule has 3 rings (SSSR count). The van der Waals surface area contributed by atoms with Crippen molar-refractivity contribution in [2.75, 3.05) is 0 Å². The molecule has 1 aliphatic rings. The molecule has 0 aliphatic carbocycles. The smallest absolute Gasteiger partial charge is 0.264 e. The van der Waals surface area contributed by atoms with Crippen LogP contribution in [0.25, 0.3) is 6.08 Å². The molecule has 1 saturated heterocycles. The van der Waals surface area contributed by atoms with Gasteiger partial charge in [0.15, 0.2) is 5.17 Å². The van der Waals surface area contributed by atoms with Gasteiger partial charge < -0.3 is 9.88 Å². The molecule has 0 spiro atoms. The van der Waals surface area contributed by atoms with E-state index in [4.69, 9.17) is 0 Å². The van der Waals surface area contributed by atoms with Crippen LogP contribution in [0.3, 0.4) is 0 Å². The molecule has 130 valence electrons. The van der Waals surface area contributed by atoms with Gasteiger partial charge in [0.25, 0.3) is 5.91 Å². The van der Waals surface area contributed by atoms with E-state index in [1.54, 1.807) is 0 Å². The zero-order valence-corrected chi connectivity index (χ0v) is 16.1. The van der Waals surface area contributed by atoms with Gasteiger partial charge in [0.2, 0.25) is 0 Å². The van der Waals surface area contributed by atoms with Gasteiger partial charge in [-0.25, -0.2) is 4.99 Å². The Kier molecular flexibility index (Phi) is 4.86. The van der Waals surface area contributed by atoms with Crippen LogP contribution in [-0.4, -0.2) is 15.6 Å². The van der Waals surface area contributed by atoms with Gasteiger partial charge in [-0.3, -0.25) is 4.79 Å². The largest absolute Gasteiger partial charge is 0.349 e. The second-order valence-electron chi connectivity index (χ2n) is 6.34. The first-order valence-electron chi connectivity index (χ1n) is 8.42. The Balaban J connectivity index is 1.89. The number of thioether (sulfide) groups is 1. The van der Waals surface area contributed by atoms with Crippen LogP contribution < -0.4 is 5.32 Å². The molecule has 0 radical (unpaired) electrons. The first kappa shape index (κ1) is 17.5. The van der Waals surface area contributed by atoms with Crippen molar-refractivity contribution in [3.05, 3.63) is 57.2 Å². The number of amides is 1. The lowest BCUT2D eigenvalue weighted by molar-refractivity contribution is -0.115. The zero-order chi connectivity index (χ0) is 18.1. The number of benzene rings is 1. The fourth-order valence-corrected chi connectivity index (χ4v) is 3.95. The van der Waals surface area contributed by atoms with Gasteiger partial charge in [-0.15, -0.1) is 0 Å². The lowest BCUT2D eigenvalue weighted by atomic mass is 10.1. The van der Waals surface area contributed by atoms with Gasteiger partial charge in [-0.05, 0) is 75.7 Å². The number of nitrogens with one attached hydrogen (secondary N) is 1. The summed E-state index contributed by atoms with van der Waals surface area (Å²) < 4.78 is 2.24. The van der Waals surface area contributed by atoms with Crippen LogP contribution in [0.4, 0.5) is 5.69 Å². The summed E-state index contributed by atoms with van der Waals surface area (Å²) in [6, 6.07) is 8.24. The lowest BCUT2D eigenvalue weighted by Gasteiger charge is -2.04. The number of amidine groups is 1. The van der Waals surface area contributed by atoms with Crippen LogP contribution in [0.15, 0.2) is 34.2 Å². The molecule has 1 N–H and O–H groups in total. The molecular weight excluding hydrogens is 330 g/mol. The van der Waals surface area contributed by atoms with E-state index in [-0.39, 0.29) is 5.91 Å². The molecule has 1 aromatic carbocycles. The SMILES string of the molecule is CCn1c(C)cc(/C=C2\SC(=Nc3ccc(C)cc3C)NC2=O)c1C. The fraction of sp³-hybridized carbons (Fsp3) is 0.300. The zero-order valence-electron chi connectivity index (χ0n) is 15.3. The minimum absolute atomic E-state index is 0.0881. The van der Waals surface area contributed by atoms with E-state index in [1.165, 1.54) is 28.7 Å². The number of hydrogen-bond acceptors (Lipinski definition) is 3.